The summed E-state index contributed by atoms with van der Waals surface area (Å²) >= 11 is 0. The number of nitrogens with one attached hydrogen (secondary N) is 3. The molecular weight excluding hydrogens is 170 g/mol. The van der Waals surface area contributed by atoms with Crippen LogP contribution in [0.3, 0.4) is 0 Å². The van der Waals surface area contributed by atoms with Crippen molar-refractivity contribution in [2.75, 3.05) is 0 Å². The molecular formula is C7H9N5O. The van der Waals surface area contributed by atoms with Crippen LogP contribution in [0.2, 0.25) is 0 Å². The minimum Gasteiger partial charge on any atom is -0.385 e. The molecule has 13 heavy (non-hydrogen) atoms. The average Bonchev–Trinajstić information content (AvgIpc) is 2.71. The highest BCUT2D eigenvalue weighted by atomic mass is 16.7. The minimum absolute atomic E-state index is 0.269. The molecule has 3 N–H and O–H groups in total. The molecule has 0 aromatic carbocycles. The van der Waals surface area contributed by atoms with Crippen LogP contribution in [-0.4, -0.2) is 22.3 Å². The lowest BCUT2D eigenvalue weighted by Crippen LogP contribution is -2.14. The third-order valence-electron chi connectivity index (χ3n) is 1.66. The van der Waals surface area contributed by atoms with Crippen molar-refractivity contribution in [3.8, 4) is 0 Å². The van der Waals surface area contributed by atoms with E-state index in [0.29, 0.717) is 0 Å². The van der Waals surface area contributed by atoms with Crippen molar-refractivity contribution in [1.82, 2.24) is 15.7 Å². The van der Waals surface area contributed by atoms with E-state index in [2.05, 4.69) is 20.7 Å². The highest BCUT2D eigenvalue weighted by Gasteiger charge is 2.20. The molecule has 1 aliphatic heterocycles. The van der Waals surface area contributed by atoms with Gasteiger partial charge in [0.15, 0.2) is 6.17 Å². The molecule has 0 aliphatic carbocycles. The van der Waals surface area contributed by atoms with Crippen molar-refractivity contribution < 1.29 is 4.84 Å². The molecule has 1 unspecified atom stereocenters. The fraction of sp³-hybridized carbons (Fsp3) is 0.286. The van der Waals surface area contributed by atoms with Crippen LogP contribution in [0.4, 0.5) is 0 Å². The van der Waals surface area contributed by atoms with Crippen LogP contribution >= 0.6 is 0 Å². The molecule has 2 heterocycles. The molecule has 68 valence electrons. The zero-order valence-electron chi connectivity index (χ0n) is 7.03. The number of nitrogens with zero attached hydrogens (tertiary/aromatic N) is 2. The van der Waals surface area contributed by atoms with Gasteiger partial charge < -0.3 is 10.2 Å². The maximum atomic E-state index is 6.91. The van der Waals surface area contributed by atoms with Crippen molar-refractivity contribution >= 4 is 12.1 Å². The van der Waals surface area contributed by atoms with Gasteiger partial charge in [-0.1, -0.05) is 0 Å². The van der Waals surface area contributed by atoms with E-state index in [1.54, 1.807) is 0 Å². The van der Waals surface area contributed by atoms with E-state index < -0.39 is 0 Å². The first-order chi connectivity index (χ1) is 6.29. The molecule has 0 bridgehead atoms. The molecule has 2 rings (SSSR count). The van der Waals surface area contributed by atoms with Crippen molar-refractivity contribution in [2.24, 2.45) is 4.99 Å². The number of aliphatic imine (C=N–C) groups is 1. The number of hydrogen-bond donors (Lipinski definition) is 3. The third kappa shape index (κ3) is 1.43. The highest BCUT2D eigenvalue weighted by Crippen LogP contribution is 2.16. The van der Waals surface area contributed by atoms with E-state index in [9.17, 15) is 0 Å². The van der Waals surface area contributed by atoms with Gasteiger partial charge in [0.05, 0.1) is 6.21 Å². The molecule has 1 aromatic rings. The number of aromatic nitrogens is 2. The molecule has 1 aromatic heterocycles. The molecule has 0 saturated heterocycles. The van der Waals surface area contributed by atoms with E-state index in [0.717, 1.165) is 17.6 Å². The van der Waals surface area contributed by atoms with Gasteiger partial charge in [-0.05, 0) is 13.0 Å². The van der Waals surface area contributed by atoms with E-state index >= 15 is 0 Å². The topological polar surface area (TPSA) is 86.2 Å². The first-order valence-corrected chi connectivity index (χ1v) is 3.82. The van der Waals surface area contributed by atoms with Crippen LogP contribution in [0.1, 0.15) is 17.6 Å². The molecule has 0 amide bonds. The van der Waals surface area contributed by atoms with Crippen molar-refractivity contribution in [1.29, 1.82) is 5.41 Å². The summed E-state index contributed by atoms with van der Waals surface area (Å²) in [6.45, 7) is 1.91. The summed E-state index contributed by atoms with van der Waals surface area (Å²) in [5, 5.41) is 13.7. The first-order valence-electron chi connectivity index (χ1n) is 3.82. The summed E-state index contributed by atoms with van der Waals surface area (Å²) in [5.74, 6) is 0.269. The van der Waals surface area contributed by atoms with Gasteiger partial charge in [0.1, 0.15) is 5.69 Å². The van der Waals surface area contributed by atoms with Gasteiger partial charge in [-0.2, -0.15) is 5.10 Å². The van der Waals surface area contributed by atoms with Crippen molar-refractivity contribution in [3.05, 3.63) is 17.5 Å². The fourth-order valence-electron chi connectivity index (χ4n) is 1.07. The van der Waals surface area contributed by atoms with Gasteiger partial charge in [0.25, 0.3) is 5.90 Å². The lowest BCUT2D eigenvalue weighted by atomic mass is 10.3. The zero-order valence-corrected chi connectivity index (χ0v) is 7.03. The summed E-state index contributed by atoms with van der Waals surface area (Å²) in [6.07, 6.45) is 0.744. The van der Waals surface area contributed by atoms with Crippen molar-refractivity contribution in [2.45, 2.75) is 13.1 Å². The number of hydroxylamine groups is 1. The van der Waals surface area contributed by atoms with Crippen LogP contribution in [-0.2, 0) is 4.84 Å². The Hall–Kier alpha value is -1.69. The maximum absolute atomic E-state index is 6.91. The summed E-state index contributed by atoms with van der Waals surface area (Å²) in [6, 6.07) is 1.87. The summed E-state index contributed by atoms with van der Waals surface area (Å²) < 4.78 is 0. The van der Waals surface area contributed by atoms with Gasteiger partial charge >= 0.3 is 0 Å². The van der Waals surface area contributed by atoms with Crippen molar-refractivity contribution in [3.63, 3.8) is 0 Å². The van der Waals surface area contributed by atoms with Crippen LogP contribution in [0.25, 0.3) is 0 Å². The predicted molar refractivity (Wildman–Crippen MR) is 46.5 cm³/mol. The van der Waals surface area contributed by atoms with E-state index in [1.807, 2.05) is 13.0 Å². The number of aryl methyl sites for hydroxylation is 1. The smallest absolute Gasteiger partial charge is 0.253 e. The quantitative estimate of drug-likeness (QED) is 0.570. The monoisotopic (exact) mass is 179 g/mol. The molecule has 6 nitrogen and oxygen atoms in total. The van der Waals surface area contributed by atoms with E-state index in [-0.39, 0.29) is 12.1 Å². The molecule has 0 fully saturated rings. The van der Waals surface area contributed by atoms with Gasteiger partial charge in [-0.15, -0.1) is 5.48 Å². The Labute approximate surface area is 74.5 Å². The Morgan fingerprint density at radius 2 is 2.54 bits per heavy atom. The second-order valence-corrected chi connectivity index (χ2v) is 2.71. The minimum atomic E-state index is -0.304. The summed E-state index contributed by atoms with van der Waals surface area (Å²) in [4.78, 5) is 8.93. The van der Waals surface area contributed by atoms with Gasteiger partial charge in [0.2, 0.25) is 0 Å². The van der Waals surface area contributed by atoms with Crippen LogP contribution in [0, 0.1) is 12.3 Å². The Bertz CT molecular complexity index is 356. The Balaban J connectivity index is 2.20. The third-order valence-corrected chi connectivity index (χ3v) is 1.66. The van der Waals surface area contributed by atoms with Crippen LogP contribution < -0.4 is 5.48 Å². The second-order valence-electron chi connectivity index (χ2n) is 2.71. The number of H-pyrrole nitrogens is 1. The second kappa shape index (κ2) is 2.98. The Kier molecular flexibility index (Phi) is 1.82. The summed E-state index contributed by atoms with van der Waals surface area (Å²) in [7, 11) is 0. The molecule has 0 radical (unpaired) electrons. The lowest BCUT2D eigenvalue weighted by molar-refractivity contribution is 0.181. The standard InChI is InChI=1S/C7H9N5O/c1-4-2-5(11-10-4)7-9-6(3-8)13-12-7/h2-3,7-8,12H,1H3,(H,10,11). The molecule has 0 spiro atoms. The molecule has 0 saturated carbocycles. The predicted octanol–water partition coefficient (Wildman–Crippen LogP) is 0.300. The Morgan fingerprint density at radius 3 is 3.08 bits per heavy atom. The van der Waals surface area contributed by atoms with Crippen LogP contribution in [0.15, 0.2) is 11.1 Å². The van der Waals surface area contributed by atoms with Gasteiger partial charge in [-0.25, -0.2) is 4.99 Å². The van der Waals surface area contributed by atoms with Gasteiger partial charge in [-0.3, -0.25) is 5.10 Å². The largest absolute Gasteiger partial charge is 0.385 e. The first kappa shape index (κ1) is 7.93. The Morgan fingerprint density at radius 1 is 1.69 bits per heavy atom. The van der Waals surface area contributed by atoms with E-state index in [1.165, 1.54) is 0 Å². The fourth-order valence-corrected chi connectivity index (χ4v) is 1.07. The lowest BCUT2D eigenvalue weighted by Gasteiger charge is -1.99. The maximum Gasteiger partial charge on any atom is 0.253 e. The SMILES string of the molecule is Cc1cc(C2N=C(C=N)ON2)n[nH]1. The number of rotatable bonds is 2. The molecule has 1 atom stereocenters. The average molecular weight is 179 g/mol. The number of aromatic amines is 1. The summed E-state index contributed by atoms with van der Waals surface area (Å²) in [5.41, 5.74) is 4.38. The van der Waals surface area contributed by atoms with Crippen LogP contribution in [0.5, 0.6) is 0 Å². The number of hydrogen-bond acceptors (Lipinski definition) is 5. The zero-order chi connectivity index (χ0) is 9.26. The van der Waals surface area contributed by atoms with Gasteiger partial charge in [0, 0.05) is 5.69 Å². The molecule has 6 heteroatoms. The van der Waals surface area contributed by atoms with E-state index in [4.69, 9.17) is 10.2 Å². The molecule has 1 aliphatic rings. The normalized spacial score (nSPS) is 21.0. The highest BCUT2D eigenvalue weighted by molar-refractivity contribution is 6.25.